The van der Waals surface area contributed by atoms with Crippen molar-refractivity contribution in [2.24, 2.45) is 0 Å². The first kappa shape index (κ1) is 14.0. The van der Waals surface area contributed by atoms with E-state index in [2.05, 4.69) is 10.1 Å². The Kier molecular flexibility index (Phi) is 3.90. The Hall–Kier alpha value is -1.92. The number of benzene rings is 1. The van der Waals surface area contributed by atoms with Gasteiger partial charge < -0.3 is 19.7 Å². The van der Waals surface area contributed by atoms with Gasteiger partial charge in [-0.15, -0.1) is 0 Å². The van der Waals surface area contributed by atoms with E-state index >= 15 is 0 Å². The van der Waals surface area contributed by atoms with E-state index < -0.39 is 5.60 Å². The minimum atomic E-state index is -0.490. The Morgan fingerprint density at radius 2 is 2.14 bits per heavy atom. The molecule has 0 radical (unpaired) electrons. The molecule has 6 heteroatoms. The Bertz CT molecular complexity index is 606. The minimum Gasteiger partial charge on any atom is -0.399 e. The third-order valence-corrected chi connectivity index (χ3v) is 3.87. The van der Waals surface area contributed by atoms with E-state index in [4.69, 9.17) is 19.7 Å². The molecule has 1 aliphatic rings. The zero-order chi connectivity index (χ0) is 14.7. The molecule has 0 spiro atoms. The predicted molar refractivity (Wildman–Crippen MR) is 76.7 cm³/mol. The van der Waals surface area contributed by atoms with Crippen LogP contribution in [0.1, 0.15) is 30.1 Å². The zero-order valence-corrected chi connectivity index (χ0v) is 12.0. The number of hydrogen-bond acceptors (Lipinski definition) is 6. The Morgan fingerprint density at radius 1 is 1.33 bits per heavy atom. The smallest absolute Gasteiger partial charge is 0.231 e. The van der Waals surface area contributed by atoms with Crippen molar-refractivity contribution in [2.75, 3.05) is 26.1 Å². The summed E-state index contributed by atoms with van der Waals surface area (Å²) in [7, 11) is 1.68. The van der Waals surface area contributed by atoms with Gasteiger partial charge in [-0.3, -0.25) is 0 Å². The third-order valence-electron chi connectivity index (χ3n) is 3.87. The van der Waals surface area contributed by atoms with Gasteiger partial charge in [0.1, 0.15) is 5.60 Å². The van der Waals surface area contributed by atoms with Crippen molar-refractivity contribution in [2.45, 2.75) is 24.9 Å². The highest BCUT2D eigenvalue weighted by Gasteiger charge is 2.39. The summed E-state index contributed by atoms with van der Waals surface area (Å²) in [5.74, 6) is 1.17. The van der Waals surface area contributed by atoms with Gasteiger partial charge in [-0.2, -0.15) is 4.98 Å². The summed E-state index contributed by atoms with van der Waals surface area (Å²) in [6, 6.07) is 7.66. The number of nitrogen functional groups attached to an aromatic ring is 1. The van der Waals surface area contributed by atoms with Crippen molar-refractivity contribution in [3.8, 4) is 0 Å². The maximum atomic E-state index is 5.78. The Balaban J connectivity index is 1.79. The van der Waals surface area contributed by atoms with Crippen LogP contribution in [0.25, 0.3) is 0 Å². The lowest BCUT2D eigenvalue weighted by molar-refractivity contribution is -0.101. The first-order valence-electron chi connectivity index (χ1n) is 7.02. The molecule has 1 aromatic carbocycles. The van der Waals surface area contributed by atoms with Crippen LogP contribution < -0.4 is 5.73 Å². The summed E-state index contributed by atoms with van der Waals surface area (Å²) >= 11 is 0. The molecular formula is C15H19N3O3. The molecule has 21 heavy (non-hydrogen) atoms. The molecule has 0 bridgehead atoms. The monoisotopic (exact) mass is 289 g/mol. The SMILES string of the molecule is COC1(c2noc(Cc3cccc(N)c3)n2)CCOCC1. The fourth-order valence-corrected chi connectivity index (χ4v) is 2.61. The molecule has 0 saturated carbocycles. The second-order valence-corrected chi connectivity index (χ2v) is 5.24. The van der Waals surface area contributed by atoms with E-state index in [0.29, 0.717) is 31.3 Å². The van der Waals surface area contributed by atoms with E-state index in [0.717, 1.165) is 24.1 Å². The van der Waals surface area contributed by atoms with Crippen LogP contribution in [0.4, 0.5) is 5.69 Å². The maximum absolute atomic E-state index is 5.78. The van der Waals surface area contributed by atoms with Crippen LogP contribution in [0, 0.1) is 0 Å². The summed E-state index contributed by atoms with van der Waals surface area (Å²) in [6.07, 6.45) is 2.04. The quantitative estimate of drug-likeness (QED) is 0.865. The lowest BCUT2D eigenvalue weighted by atomic mass is 9.93. The van der Waals surface area contributed by atoms with Crippen molar-refractivity contribution in [1.29, 1.82) is 0 Å². The molecule has 3 rings (SSSR count). The van der Waals surface area contributed by atoms with Gasteiger partial charge in [0, 0.05) is 38.9 Å². The molecule has 2 aromatic rings. The van der Waals surface area contributed by atoms with Crippen molar-refractivity contribution in [3.63, 3.8) is 0 Å². The van der Waals surface area contributed by atoms with E-state index in [1.807, 2.05) is 24.3 Å². The molecule has 2 N–H and O–H groups in total. The predicted octanol–water partition coefficient (Wildman–Crippen LogP) is 1.89. The molecule has 1 aromatic heterocycles. The number of hydrogen-bond donors (Lipinski definition) is 1. The topological polar surface area (TPSA) is 83.4 Å². The molecule has 1 aliphatic heterocycles. The van der Waals surface area contributed by atoms with Crippen LogP contribution in [-0.4, -0.2) is 30.5 Å². The summed E-state index contributed by atoms with van der Waals surface area (Å²) in [6.45, 7) is 1.29. The van der Waals surface area contributed by atoms with Gasteiger partial charge in [0.15, 0.2) is 0 Å². The average Bonchev–Trinajstić information content (AvgIpc) is 2.97. The largest absolute Gasteiger partial charge is 0.399 e. The number of ether oxygens (including phenoxy) is 2. The van der Waals surface area contributed by atoms with Crippen LogP contribution in [0.5, 0.6) is 0 Å². The molecular weight excluding hydrogens is 270 g/mol. The second-order valence-electron chi connectivity index (χ2n) is 5.24. The van der Waals surface area contributed by atoms with Crippen LogP contribution >= 0.6 is 0 Å². The number of nitrogens with two attached hydrogens (primary N) is 1. The highest BCUT2D eigenvalue weighted by Crippen LogP contribution is 2.33. The highest BCUT2D eigenvalue weighted by atomic mass is 16.5. The molecule has 1 fully saturated rings. The summed E-state index contributed by atoms with van der Waals surface area (Å²) in [5.41, 5.74) is 7.06. The van der Waals surface area contributed by atoms with Gasteiger partial charge in [0.25, 0.3) is 0 Å². The standard InChI is InChI=1S/C15H19N3O3/c1-19-15(5-7-20-8-6-15)14-17-13(21-18-14)10-11-3-2-4-12(16)9-11/h2-4,9H,5-8,10,16H2,1H3. The number of aromatic nitrogens is 2. The van der Waals surface area contributed by atoms with Gasteiger partial charge in [-0.1, -0.05) is 17.3 Å². The van der Waals surface area contributed by atoms with Crippen LogP contribution in [-0.2, 0) is 21.5 Å². The van der Waals surface area contributed by atoms with Crippen molar-refractivity contribution in [1.82, 2.24) is 10.1 Å². The lowest BCUT2D eigenvalue weighted by Crippen LogP contribution is -2.36. The van der Waals surface area contributed by atoms with E-state index in [-0.39, 0.29) is 0 Å². The fourth-order valence-electron chi connectivity index (χ4n) is 2.61. The lowest BCUT2D eigenvalue weighted by Gasteiger charge is -2.32. The zero-order valence-electron chi connectivity index (χ0n) is 12.0. The van der Waals surface area contributed by atoms with Crippen LogP contribution in [0.3, 0.4) is 0 Å². The summed E-state index contributed by atoms with van der Waals surface area (Å²) < 4.78 is 16.4. The molecule has 0 atom stereocenters. The molecule has 112 valence electrons. The summed E-state index contributed by atoms with van der Waals surface area (Å²) in [4.78, 5) is 4.50. The highest BCUT2D eigenvalue weighted by molar-refractivity contribution is 5.41. The second kappa shape index (κ2) is 5.83. The average molecular weight is 289 g/mol. The van der Waals surface area contributed by atoms with Crippen molar-refractivity contribution in [3.05, 3.63) is 41.5 Å². The third kappa shape index (κ3) is 2.91. The van der Waals surface area contributed by atoms with Crippen LogP contribution in [0.2, 0.25) is 0 Å². The Labute approximate surface area is 123 Å². The molecule has 0 unspecified atom stereocenters. The number of anilines is 1. The number of methoxy groups -OCH3 is 1. The van der Waals surface area contributed by atoms with Gasteiger partial charge in [0.05, 0.1) is 6.42 Å². The van der Waals surface area contributed by atoms with E-state index in [9.17, 15) is 0 Å². The first-order chi connectivity index (χ1) is 10.2. The first-order valence-corrected chi connectivity index (χ1v) is 7.02. The van der Waals surface area contributed by atoms with Gasteiger partial charge in [-0.25, -0.2) is 0 Å². The van der Waals surface area contributed by atoms with Gasteiger partial charge in [-0.05, 0) is 17.7 Å². The van der Waals surface area contributed by atoms with Gasteiger partial charge >= 0.3 is 0 Å². The van der Waals surface area contributed by atoms with Gasteiger partial charge in [0.2, 0.25) is 11.7 Å². The molecule has 1 saturated heterocycles. The molecule has 2 heterocycles. The normalized spacial score (nSPS) is 17.8. The van der Waals surface area contributed by atoms with E-state index in [1.54, 1.807) is 7.11 Å². The van der Waals surface area contributed by atoms with E-state index in [1.165, 1.54) is 0 Å². The molecule has 0 aliphatic carbocycles. The summed E-state index contributed by atoms with van der Waals surface area (Å²) in [5, 5.41) is 4.10. The number of rotatable bonds is 4. The molecule has 0 amide bonds. The van der Waals surface area contributed by atoms with Crippen molar-refractivity contribution >= 4 is 5.69 Å². The molecule has 6 nitrogen and oxygen atoms in total. The minimum absolute atomic E-state index is 0.490. The fraction of sp³-hybridized carbons (Fsp3) is 0.467. The maximum Gasteiger partial charge on any atom is 0.231 e. The van der Waals surface area contributed by atoms with Crippen molar-refractivity contribution < 1.29 is 14.0 Å². The Morgan fingerprint density at radius 3 is 2.86 bits per heavy atom. The number of nitrogens with zero attached hydrogens (tertiary/aromatic N) is 2. The van der Waals surface area contributed by atoms with Crippen LogP contribution in [0.15, 0.2) is 28.8 Å².